The smallest absolute Gasteiger partial charge is 0.263 e. The molecule has 0 saturated carbocycles. The van der Waals surface area contributed by atoms with Crippen LogP contribution in [0.3, 0.4) is 0 Å². The van der Waals surface area contributed by atoms with Crippen LogP contribution in [0.15, 0.2) is 53.7 Å². The first kappa shape index (κ1) is 15.5. The molecular formula is C15H19N3O2S. The molecule has 2 rings (SSSR count). The molecule has 0 aliphatic rings. The summed E-state index contributed by atoms with van der Waals surface area (Å²) < 4.78 is 27.0. The third-order valence-electron chi connectivity index (χ3n) is 2.88. The minimum atomic E-state index is -3.59. The average molecular weight is 305 g/mol. The fraction of sp³-hybridized carbons (Fsp3) is 0.267. The first-order valence-corrected chi connectivity index (χ1v) is 8.32. The van der Waals surface area contributed by atoms with E-state index in [9.17, 15) is 8.42 Å². The highest BCUT2D eigenvalue weighted by Gasteiger charge is 2.13. The van der Waals surface area contributed by atoms with Gasteiger partial charge in [-0.15, -0.1) is 0 Å². The maximum absolute atomic E-state index is 12.2. The maximum Gasteiger partial charge on any atom is 0.263 e. The van der Waals surface area contributed by atoms with Crippen molar-refractivity contribution in [3.05, 3.63) is 54.4 Å². The summed E-state index contributed by atoms with van der Waals surface area (Å²) in [6.45, 7) is 3.76. The van der Waals surface area contributed by atoms with Crippen LogP contribution in [0, 0.1) is 0 Å². The fourth-order valence-electron chi connectivity index (χ4n) is 1.87. The number of hydrogen-bond acceptors (Lipinski definition) is 4. The first-order chi connectivity index (χ1) is 10.1. The Kier molecular flexibility index (Phi) is 5.30. The van der Waals surface area contributed by atoms with Gasteiger partial charge in [0.05, 0.1) is 0 Å². The molecule has 0 aliphatic carbocycles. The van der Waals surface area contributed by atoms with Gasteiger partial charge in [-0.1, -0.05) is 19.1 Å². The average Bonchev–Trinajstić information content (AvgIpc) is 2.48. The standard InChI is InChI=1S/C15H19N3O2S/c1-2-8-16-11-13-5-3-6-14(10-13)18-21(19,20)15-7-4-9-17-12-15/h3-7,9-10,12,16,18H,2,8,11H2,1H3. The summed E-state index contributed by atoms with van der Waals surface area (Å²) in [6, 6.07) is 10.5. The molecule has 5 nitrogen and oxygen atoms in total. The molecule has 1 heterocycles. The number of hydrogen-bond donors (Lipinski definition) is 2. The number of aromatic nitrogens is 1. The quantitative estimate of drug-likeness (QED) is 0.771. The van der Waals surface area contributed by atoms with Crippen LogP contribution in [0.4, 0.5) is 5.69 Å². The molecule has 2 N–H and O–H groups in total. The van der Waals surface area contributed by atoms with E-state index >= 15 is 0 Å². The van der Waals surface area contributed by atoms with Crippen molar-refractivity contribution in [3.63, 3.8) is 0 Å². The number of sulfonamides is 1. The minimum Gasteiger partial charge on any atom is -0.313 e. The van der Waals surface area contributed by atoms with E-state index in [-0.39, 0.29) is 4.90 Å². The van der Waals surface area contributed by atoms with Gasteiger partial charge in [-0.05, 0) is 42.8 Å². The highest BCUT2D eigenvalue weighted by Crippen LogP contribution is 2.16. The van der Waals surface area contributed by atoms with Crippen molar-refractivity contribution < 1.29 is 8.42 Å². The fourth-order valence-corrected chi connectivity index (χ4v) is 2.89. The second-order valence-electron chi connectivity index (χ2n) is 4.67. The Morgan fingerprint density at radius 1 is 1.19 bits per heavy atom. The van der Waals surface area contributed by atoms with E-state index in [4.69, 9.17) is 0 Å². The topological polar surface area (TPSA) is 71.1 Å². The Labute approximate surface area is 125 Å². The normalized spacial score (nSPS) is 11.3. The Morgan fingerprint density at radius 3 is 2.76 bits per heavy atom. The predicted octanol–water partition coefficient (Wildman–Crippen LogP) is 2.38. The minimum absolute atomic E-state index is 0.152. The van der Waals surface area contributed by atoms with Gasteiger partial charge in [0.2, 0.25) is 0 Å². The number of benzene rings is 1. The van der Waals surface area contributed by atoms with E-state index in [0.717, 1.165) is 25.1 Å². The third kappa shape index (κ3) is 4.54. The Bertz CT molecular complexity index is 672. The largest absolute Gasteiger partial charge is 0.313 e. The maximum atomic E-state index is 12.2. The zero-order valence-corrected chi connectivity index (χ0v) is 12.7. The van der Waals surface area contributed by atoms with Crippen LogP contribution >= 0.6 is 0 Å². The van der Waals surface area contributed by atoms with Crippen LogP contribution in [0.1, 0.15) is 18.9 Å². The Hall–Kier alpha value is -1.92. The summed E-state index contributed by atoms with van der Waals surface area (Å²) in [5, 5.41) is 3.29. The molecule has 0 saturated heterocycles. The molecule has 21 heavy (non-hydrogen) atoms. The monoisotopic (exact) mass is 305 g/mol. The summed E-state index contributed by atoms with van der Waals surface area (Å²) in [6.07, 6.45) is 3.93. The lowest BCUT2D eigenvalue weighted by Gasteiger charge is -2.09. The molecule has 1 aromatic heterocycles. The van der Waals surface area contributed by atoms with Gasteiger partial charge in [0, 0.05) is 24.6 Å². The SMILES string of the molecule is CCCNCc1cccc(NS(=O)(=O)c2cccnc2)c1. The van der Waals surface area contributed by atoms with E-state index in [1.807, 2.05) is 18.2 Å². The lowest BCUT2D eigenvalue weighted by molar-refractivity contribution is 0.601. The van der Waals surface area contributed by atoms with E-state index in [1.54, 1.807) is 18.3 Å². The molecule has 0 spiro atoms. The van der Waals surface area contributed by atoms with Crippen molar-refractivity contribution in [1.29, 1.82) is 0 Å². The summed E-state index contributed by atoms with van der Waals surface area (Å²) >= 11 is 0. The predicted molar refractivity (Wildman–Crippen MR) is 83.5 cm³/mol. The molecule has 0 atom stereocenters. The highest BCUT2D eigenvalue weighted by molar-refractivity contribution is 7.92. The van der Waals surface area contributed by atoms with Crippen molar-refractivity contribution in [1.82, 2.24) is 10.3 Å². The lowest BCUT2D eigenvalue weighted by Crippen LogP contribution is -2.15. The van der Waals surface area contributed by atoms with Crippen molar-refractivity contribution >= 4 is 15.7 Å². The second kappa shape index (κ2) is 7.19. The van der Waals surface area contributed by atoms with Crippen molar-refractivity contribution in [2.24, 2.45) is 0 Å². The number of nitrogens with zero attached hydrogens (tertiary/aromatic N) is 1. The van der Waals surface area contributed by atoms with Gasteiger partial charge < -0.3 is 5.32 Å². The Balaban J connectivity index is 2.11. The number of pyridine rings is 1. The summed E-state index contributed by atoms with van der Waals surface area (Å²) in [7, 11) is -3.59. The molecule has 1 aromatic carbocycles. The zero-order valence-electron chi connectivity index (χ0n) is 11.9. The zero-order chi connectivity index (χ0) is 15.1. The van der Waals surface area contributed by atoms with Gasteiger partial charge in [0.25, 0.3) is 10.0 Å². The van der Waals surface area contributed by atoms with Crippen LogP contribution in [0.25, 0.3) is 0 Å². The lowest BCUT2D eigenvalue weighted by atomic mass is 10.2. The van der Waals surface area contributed by atoms with Gasteiger partial charge in [-0.3, -0.25) is 9.71 Å². The molecule has 0 bridgehead atoms. The van der Waals surface area contributed by atoms with E-state index in [2.05, 4.69) is 21.9 Å². The van der Waals surface area contributed by atoms with Gasteiger partial charge in [-0.2, -0.15) is 0 Å². The molecular weight excluding hydrogens is 286 g/mol. The van der Waals surface area contributed by atoms with E-state index in [1.165, 1.54) is 12.3 Å². The molecule has 0 radical (unpaired) electrons. The molecule has 112 valence electrons. The summed E-state index contributed by atoms with van der Waals surface area (Å²) in [5.74, 6) is 0. The van der Waals surface area contributed by atoms with E-state index in [0.29, 0.717) is 5.69 Å². The number of rotatable bonds is 7. The first-order valence-electron chi connectivity index (χ1n) is 6.84. The number of anilines is 1. The van der Waals surface area contributed by atoms with Gasteiger partial charge in [0.15, 0.2) is 0 Å². The van der Waals surface area contributed by atoms with E-state index < -0.39 is 10.0 Å². The van der Waals surface area contributed by atoms with Crippen molar-refractivity contribution in [3.8, 4) is 0 Å². The third-order valence-corrected chi connectivity index (χ3v) is 4.25. The van der Waals surface area contributed by atoms with Gasteiger partial charge >= 0.3 is 0 Å². The van der Waals surface area contributed by atoms with Crippen molar-refractivity contribution in [2.45, 2.75) is 24.8 Å². The number of nitrogens with one attached hydrogen (secondary N) is 2. The highest BCUT2D eigenvalue weighted by atomic mass is 32.2. The van der Waals surface area contributed by atoms with Gasteiger partial charge in [0.1, 0.15) is 4.90 Å². The molecule has 0 aliphatic heterocycles. The molecule has 6 heteroatoms. The van der Waals surface area contributed by atoms with Crippen LogP contribution in [-0.4, -0.2) is 19.9 Å². The summed E-state index contributed by atoms with van der Waals surface area (Å²) in [5.41, 5.74) is 1.59. The van der Waals surface area contributed by atoms with Crippen LogP contribution in [-0.2, 0) is 16.6 Å². The molecule has 0 unspecified atom stereocenters. The molecule has 0 fully saturated rings. The summed E-state index contributed by atoms with van der Waals surface area (Å²) in [4.78, 5) is 3.98. The van der Waals surface area contributed by atoms with Crippen LogP contribution < -0.4 is 10.0 Å². The molecule has 0 amide bonds. The Morgan fingerprint density at radius 2 is 2.05 bits per heavy atom. The second-order valence-corrected chi connectivity index (χ2v) is 6.35. The van der Waals surface area contributed by atoms with Crippen LogP contribution in [0.2, 0.25) is 0 Å². The molecule has 2 aromatic rings. The van der Waals surface area contributed by atoms with Gasteiger partial charge in [-0.25, -0.2) is 8.42 Å². The van der Waals surface area contributed by atoms with Crippen LogP contribution in [0.5, 0.6) is 0 Å². The van der Waals surface area contributed by atoms with Crippen molar-refractivity contribution in [2.75, 3.05) is 11.3 Å².